The van der Waals surface area contributed by atoms with Gasteiger partial charge in [0, 0.05) is 0 Å². The Kier molecular flexibility index (Phi) is 9.17. The minimum Gasteiger partial charge on any atom is -0.411 e. The standard InChI is InChI=1S/C11H23NO/c1-3-5-7-8-10-11(12-13)9-6-4-2/h13H,3-10H2,1-2H3/b12-11+. The van der Waals surface area contributed by atoms with E-state index in [1.54, 1.807) is 0 Å². The summed E-state index contributed by atoms with van der Waals surface area (Å²) >= 11 is 0. The van der Waals surface area contributed by atoms with E-state index in [-0.39, 0.29) is 0 Å². The molecular weight excluding hydrogens is 162 g/mol. The fraction of sp³-hybridized carbons (Fsp3) is 0.909. The van der Waals surface area contributed by atoms with Crippen LogP contribution in [0.2, 0.25) is 0 Å². The molecule has 0 saturated heterocycles. The van der Waals surface area contributed by atoms with Gasteiger partial charge in [-0.05, 0) is 25.7 Å². The highest BCUT2D eigenvalue weighted by Gasteiger charge is 1.99. The molecule has 0 bridgehead atoms. The lowest BCUT2D eigenvalue weighted by atomic mass is 10.1. The summed E-state index contributed by atoms with van der Waals surface area (Å²) < 4.78 is 0. The van der Waals surface area contributed by atoms with Crippen molar-refractivity contribution in [2.75, 3.05) is 0 Å². The van der Waals surface area contributed by atoms with E-state index in [1.807, 2.05) is 0 Å². The van der Waals surface area contributed by atoms with Gasteiger partial charge in [-0.3, -0.25) is 0 Å². The first kappa shape index (κ1) is 12.5. The van der Waals surface area contributed by atoms with E-state index >= 15 is 0 Å². The lowest BCUT2D eigenvalue weighted by Crippen LogP contribution is -1.98. The highest BCUT2D eigenvalue weighted by Crippen LogP contribution is 2.07. The van der Waals surface area contributed by atoms with Crippen LogP contribution in [-0.4, -0.2) is 10.9 Å². The number of rotatable bonds is 8. The zero-order valence-corrected chi connectivity index (χ0v) is 9.05. The van der Waals surface area contributed by atoms with Crippen LogP contribution in [0.1, 0.15) is 65.2 Å². The molecule has 0 aromatic heterocycles. The summed E-state index contributed by atoms with van der Waals surface area (Å²) in [6.07, 6.45) is 9.28. The smallest absolute Gasteiger partial charge is 0.0570 e. The van der Waals surface area contributed by atoms with Gasteiger partial charge in [0.25, 0.3) is 0 Å². The van der Waals surface area contributed by atoms with Gasteiger partial charge in [-0.1, -0.05) is 44.7 Å². The molecule has 0 aromatic carbocycles. The lowest BCUT2D eigenvalue weighted by Gasteiger charge is -2.02. The first-order valence-electron chi connectivity index (χ1n) is 5.54. The lowest BCUT2D eigenvalue weighted by molar-refractivity contribution is 0.315. The zero-order valence-electron chi connectivity index (χ0n) is 9.05. The van der Waals surface area contributed by atoms with Gasteiger partial charge in [-0.2, -0.15) is 0 Å². The molecule has 0 aliphatic rings. The Labute approximate surface area is 82.0 Å². The molecule has 1 N–H and O–H groups in total. The van der Waals surface area contributed by atoms with Crippen LogP contribution in [-0.2, 0) is 0 Å². The molecule has 0 atom stereocenters. The molecule has 0 radical (unpaired) electrons. The number of hydrogen-bond acceptors (Lipinski definition) is 2. The number of hydrogen-bond donors (Lipinski definition) is 1. The van der Waals surface area contributed by atoms with E-state index < -0.39 is 0 Å². The van der Waals surface area contributed by atoms with Gasteiger partial charge in [-0.25, -0.2) is 0 Å². The van der Waals surface area contributed by atoms with Crippen molar-refractivity contribution in [3.63, 3.8) is 0 Å². The third kappa shape index (κ3) is 7.82. The van der Waals surface area contributed by atoms with Crippen molar-refractivity contribution in [3.8, 4) is 0 Å². The van der Waals surface area contributed by atoms with Crippen LogP contribution in [0, 0.1) is 0 Å². The van der Waals surface area contributed by atoms with Gasteiger partial charge in [0.05, 0.1) is 5.71 Å². The Morgan fingerprint density at radius 1 is 0.923 bits per heavy atom. The molecule has 2 heteroatoms. The number of oxime groups is 1. The summed E-state index contributed by atoms with van der Waals surface area (Å²) in [6, 6.07) is 0. The van der Waals surface area contributed by atoms with Crippen LogP contribution >= 0.6 is 0 Å². The fourth-order valence-corrected chi connectivity index (χ4v) is 1.36. The van der Waals surface area contributed by atoms with Gasteiger partial charge in [0.1, 0.15) is 0 Å². The normalized spacial score (nSPS) is 12.0. The first-order valence-corrected chi connectivity index (χ1v) is 5.54. The van der Waals surface area contributed by atoms with Gasteiger partial charge >= 0.3 is 0 Å². The summed E-state index contributed by atoms with van der Waals surface area (Å²) in [6.45, 7) is 4.37. The van der Waals surface area contributed by atoms with Crippen LogP contribution in [0.3, 0.4) is 0 Å². The molecular formula is C11H23NO. The van der Waals surface area contributed by atoms with E-state index in [0.29, 0.717) is 0 Å². The second-order valence-corrected chi connectivity index (χ2v) is 3.58. The summed E-state index contributed by atoms with van der Waals surface area (Å²) in [5, 5.41) is 12.0. The Hall–Kier alpha value is -0.530. The average molecular weight is 185 g/mol. The fourth-order valence-electron chi connectivity index (χ4n) is 1.36. The van der Waals surface area contributed by atoms with Crippen molar-refractivity contribution in [1.29, 1.82) is 0 Å². The van der Waals surface area contributed by atoms with Crippen molar-refractivity contribution < 1.29 is 5.21 Å². The van der Waals surface area contributed by atoms with Crippen LogP contribution in [0.25, 0.3) is 0 Å². The largest absolute Gasteiger partial charge is 0.411 e. The Morgan fingerprint density at radius 3 is 2.08 bits per heavy atom. The summed E-state index contributed by atoms with van der Waals surface area (Å²) in [5.41, 5.74) is 0.984. The molecule has 0 spiro atoms. The van der Waals surface area contributed by atoms with E-state index in [1.165, 1.54) is 32.1 Å². The average Bonchev–Trinajstić information content (AvgIpc) is 2.17. The van der Waals surface area contributed by atoms with Crippen molar-refractivity contribution >= 4 is 5.71 Å². The summed E-state index contributed by atoms with van der Waals surface area (Å²) in [5.74, 6) is 0. The van der Waals surface area contributed by atoms with Crippen molar-refractivity contribution in [2.24, 2.45) is 5.16 Å². The van der Waals surface area contributed by atoms with Crippen molar-refractivity contribution in [3.05, 3.63) is 0 Å². The molecule has 0 heterocycles. The minimum atomic E-state index is 0.971. The predicted molar refractivity (Wildman–Crippen MR) is 57.5 cm³/mol. The molecule has 78 valence electrons. The third-order valence-electron chi connectivity index (χ3n) is 2.28. The van der Waals surface area contributed by atoms with E-state index in [4.69, 9.17) is 5.21 Å². The summed E-state index contributed by atoms with van der Waals surface area (Å²) in [7, 11) is 0. The molecule has 0 aliphatic heterocycles. The van der Waals surface area contributed by atoms with Gasteiger partial charge < -0.3 is 5.21 Å². The molecule has 0 aliphatic carbocycles. The Balaban J connectivity index is 3.38. The molecule has 2 nitrogen and oxygen atoms in total. The van der Waals surface area contributed by atoms with Crippen LogP contribution in [0.5, 0.6) is 0 Å². The SMILES string of the molecule is CCCCCC/C(CCCC)=N/O. The van der Waals surface area contributed by atoms with Crippen LogP contribution in [0.15, 0.2) is 5.16 Å². The maximum Gasteiger partial charge on any atom is 0.0570 e. The second kappa shape index (κ2) is 9.56. The van der Waals surface area contributed by atoms with Gasteiger partial charge in [0.2, 0.25) is 0 Å². The minimum absolute atomic E-state index is 0.971. The first-order chi connectivity index (χ1) is 6.35. The van der Waals surface area contributed by atoms with E-state index in [9.17, 15) is 0 Å². The Morgan fingerprint density at radius 2 is 1.54 bits per heavy atom. The summed E-state index contributed by atoms with van der Waals surface area (Å²) in [4.78, 5) is 0. The van der Waals surface area contributed by atoms with E-state index in [0.717, 1.165) is 25.0 Å². The van der Waals surface area contributed by atoms with Crippen molar-refractivity contribution in [2.45, 2.75) is 65.2 Å². The molecule has 0 saturated carbocycles. The van der Waals surface area contributed by atoms with Gasteiger partial charge in [-0.15, -0.1) is 0 Å². The predicted octanol–water partition coefficient (Wildman–Crippen LogP) is 3.98. The Bertz CT molecular complexity index is 132. The van der Waals surface area contributed by atoms with Crippen LogP contribution in [0.4, 0.5) is 0 Å². The van der Waals surface area contributed by atoms with E-state index in [2.05, 4.69) is 19.0 Å². The quantitative estimate of drug-likeness (QED) is 0.264. The zero-order chi connectivity index (χ0) is 9.94. The maximum atomic E-state index is 8.70. The van der Waals surface area contributed by atoms with Crippen molar-refractivity contribution in [1.82, 2.24) is 0 Å². The maximum absolute atomic E-state index is 8.70. The monoisotopic (exact) mass is 185 g/mol. The highest BCUT2D eigenvalue weighted by molar-refractivity contribution is 5.83. The van der Waals surface area contributed by atoms with Gasteiger partial charge in [0.15, 0.2) is 0 Å². The highest BCUT2D eigenvalue weighted by atomic mass is 16.4. The molecule has 0 fully saturated rings. The third-order valence-corrected chi connectivity index (χ3v) is 2.28. The van der Waals surface area contributed by atoms with Crippen LogP contribution < -0.4 is 0 Å². The molecule has 0 unspecified atom stereocenters. The molecule has 0 aromatic rings. The molecule has 13 heavy (non-hydrogen) atoms. The number of unbranched alkanes of at least 4 members (excludes halogenated alkanes) is 4. The molecule has 0 amide bonds. The molecule has 0 rings (SSSR count). The number of nitrogens with zero attached hydrogens (tertiary/aromatic N) is 1. The second-order valence-electron chi connectivity index (χ2n) is 3.58. The topological polar surface area (TPSA) is 32.6 Å².